The minimum atomic E-state index is -0.531. The number of anilines is 1. The number of nitrogens with two attached hydrogens (primary N) is 1. The van der Waals surface area contributed by atoms with Gasteiger partial charge in [-0.15, -0.1) is 0 Å². The molecule has 3 N–H and O–H groups in total. The Kier molecular flexibility index (Phi) is 2.72. The summed E-state index contributed by atoms with van der Waals surface area (Å²) in [7, 11) is 0. The SMILES string of the molecule is CC(N)C(=O)Nc1ccc2oc3ccccc3c2c1. The van der Waals surface area contributed by atoms with Crippen LogP contribution in [-0.4, -0.2) is 11.9 Å². The molecule has 4 nitrogen and oxygen atoms in total. The third-order valence-electron chi connectivity index (χ3n) is 3.06. The van der Waals surface area contributed by atoms with E-state index in [2.05, 4.69) is 5.32 Å². The van der Waals surface area contributed by atoms with Gasteiger partial charge in [0.25, 0.3) is 0 Å². The van der Waals surface area contributed by atoms with Crippen molar-refractivity contribution in [2.45, 2.75) is 13.0 Å². The van der Waals surface area contributed by atoms with E-state index < -0.39 is 6.04 Å². The lowest BCUT2D eigenvalue weighted by molar-refractivity contribution is -0.117. The third-order valence-corrected chi connectivity index (χ3v) is 3.06. The summed E-state index contributed by atoms with van der Waals surface area (Å²) in [6, 6.07) is 12.9. The Labute approximate surface area is 110 Å². The molecule has 1 aromatic heterocycles. The Bertz CT molecular complexity index is 759. The van der Waals surface area contributed by atoms with E-state index in [0.717, 1.165) is 27.6 Å². The van der Waals surface area contributed by atoms with E-state index >= 15 is 0 Å². The topological polar surface area (TPSA) is 68.3 Å². The predicted octanol–water partition coefficient (Wildman–Crippen LogP) is 2.87. The molecule has 1 atom stereocenters. The van der Waals surface area contributed by atoms with E-state index in [1.165, 1.54) is 0 Å². The van der Waals surface area contributed by atoms with E-state index in [-0.39, 0.29) is 5.91 Å². The zero-order valence-corrected chi connectivity index (χ0v) is 10.5. The van der Waals surface area contributed by atoms with Crippen LogP contribution in [0, 0.1) is 0 Å². The number of hydrogen-bond acceptors (Lipinski definition) is 3. The quantitative estimate of drug-likeness (QED) is 0.738. The van der Waals surface area contributed by atoms with Gasteiger partial charge in [0.15, 0.2) is 0 Å². The van der Waals surface area contributed by atoms with Crippen molar-refractivity contribution in [3.8, 4) is 0 Å². The van der Waals surface area contributed by atoms with Crippen LogP contribution in [0.5, 0.6) is 0 Å². The van der Waals surface area contributed by atoms with Crippen LogP contribution in [0.4, 0.5) is 5.69 Å². The molecule has 1 amide bonds. The molecule has 0 aliphatic carbocycles. The minimum Gasteiger partial charge on any atom is -0.456 e. The van der Waals surface area contributed by atoms with Crippen molar-refractivity contribution < 1.29 is 9.21 Å². The molecule has 0 bridgehead atoms. The molecule has 2 aromatic carbocycles. The molecule has 0 fully saturated rings. The van der Waals surface area contributed by atoms with Crippen molar-refractivity contribution in [1.29, 1.82) is 0 Å². The van der Waals surface area contributed by atoms with Crippen molar-refractivity contribution in [3.05, 3.63) is 42.5 Å². The van der Waals surface area contributed by atoms with Gasteiger partial charge in [-0.3, -0.25) is 4.79 Å². The van der Waals surface area contributed by atoms with Crippen LogP contribution in [0.3, 0.4) is 0 Å². The number of amides is 1. The zero-order valence-electron chi connectivity index (χ0n) is 10.5. The highest BCUT2D eigenvalue weighted by atomic mass is 16.3. The number of carbonyl (C=O) groups excluding carboxylic acids is 1. The van der Waals surface area contributed by atoms with Gasteiger partial charge >= 0.3 is 0 Å². The molecule has 0 radical (unpaired) electrons. The van der Waals surface area contributed by atoms with Crippen molar-refractivity contribution >= 4 is 33.5 Å². The summed E-state index contributed by atoms with van der Waals surface area (Å²) in [5, 5.41) is 4.80. The molecule has 0 saturated carbocycles. The van der Waals surface area contributed by atoms with Gasteiger partial charge in [0.2, 0.25) is 5.91 Å². The van der Waals surface area contributed by atoms with E-state index in [1.807, 2.05) is 42.5 Å². The second-order valence-corrected chi connectivity index (χ2v) is 4.59. The maximum Gasteiger partial charge on any atom is 0.240 e. The molecule has 3 rings (SSSR count). The second kappa shape index (κ2) is 4.40. The molecular weight excluding hydrogens is 240 g/mol. The Hall–Kier alpha value is -2.33. The molecule has 1 unspecified atom stereocenters. The van der Waals surface area contributed by atoms with E-state index in [1.54, 1.807) is 6.92 Å². The van der Waals surface area contributed by atoms with Gasteiger partial charge < -0.3 is 15.5 Å². The molecule has 96 valence electrons. The lowest BCUT2D eigenvalue weighted by atomic mass is 10.1. The molecule has 1 heterocycles. The van der Waals surface area contributed by atoms with Crippen LogP contribution in [0.1, 0.15) is 6.92 Å². The third kappa shape index (κ3) is 2.06. The number of nitrogens with one attached hydrogen (secondary N) is 1. The summed E-state index contributed by atoms with van der Waals surface area (Å²) in [5.74, 6) is -0.202. The largest absolute Gasteiger partial charge is 0.456 e. The first kappa shape index (κ1) is 11.7. The van der Waals surface area contributed by atoms with Gasteiger partial charge in [-0.05, 0) is 31.2 Å². The highest BCUT2D eigenvalue weighted by molar-refractivity contribution is 6.07. The monoisotopic (exact) mass is 254 g/mol. The van der Waals surface area contributed by atoms with E-state index in [9.17, 15) is 4.79 Å². The molecule has 0 aliphatic heterocycles. The maximum atomic E-state index is 11.6. The number of rotatable bonds is 2. The van der Waals surface area contributed by atoms with Crippen LogP contribution in [0.25, 0.3) is 21.9 Å². The van der Waals surface area contributed by atoms with Crippen LogP contribution in [-0.2, 0) is 4.79 Å². The summed E-state index contributed by atoms with van der Waals surface area (Å²) in [6.45, 7) is 1.65. The molecule has 0 saturated heterocycles. The second-order valence-electron chi connectivity index (χ2n) is 4.59. The summed E-state index contributed by atoms with van der Waals surface area (Å²) >= 11 is 0. The van der Waals surface area contributed by atoms with E-state index in [0.29, 0.717) is 0 Å². The average Bonchev–Trinajstić information content (AvgIpc) is 2.76. The average molecular weight is 254 g/mol. The first-order chi connectivity index (χ1) is 9.15. The number of hydrogen-bond donors (Lipinski definition) is 2. The molecule has 3 aromatic rings. The first-order valence-corrected chi connectivity index (χ1v) is 6.13. The highest BCUT2D eigenvalue weighted by Gasteiger charge is 2.10. The van der Waals surface area contributed by atoms with Crippen molar-refractivity contribution in [2.24, 2.45) is 5.73 Å². The maximum absolute atomic E-state index is 11.6. The molecule has 0 aliphatic rings. The summed E-state index contributed by atoms with van der Waals surface area (Å²) in [6.07, 6.45) is 0. The van der Waals surface area contributed by atoms with Gasteiger partial charge in [-0.25, -0.2) is 0 Å². The van der Waals surface area contributed by atoms with Crippen molar-refractivity contribution in [2.75, 3.05) is 5.32 Å². The first-order valence-electron chi connectivity index (χ1n) is 6.13. The Morgan fingerprint density at radius 1 is 1.16 bits per heavy atom. The van der Waals surface area contributed by atoms with Crippen LogP contribution >= 0.6 is 0 Å². The fourth-order valence-corrected chi connectivity index (χ4v) is 2.06. The van der Waals surface area contributed by atoms with Crippen molar-refractivity contribution in [1.82, 2.24) is 0 Å². The molecular formula is C15H14N2O2. The fraction of sp³-hybridized carbons (Fsp3) is 0.133. The highest BCUT2D eigenvalue weighted by Crippen LogP contribution is 2.30. The van der Waals surface area contributed by atoms with Gasteiger partial charge in [0.05, 0.1) is 6.04 Å². The lowest BCUT2D eigenvalue weighted by Crippen LogP contribution is -2.32. The number of fused-ring (bicyclic) bond motifs is 3. The Morgan fingerprint density at radius 3 is 2.68 bits per heavy atom. The van der Waals surface area contributed by atoms with Crippen LogP contribution in [0.2, 0.25) is 0 Å². The van der Waals surface area contributed by atoms with Gasteiger partial charge in [-0.1, -0.05) is 18.2 Å². The van der Waals surface area contributed by atoms with Crippen LogP contribution in [0.15, 0.2) is 46.9 Å². The Balaban J connectivity index is 2.09. The normalized spacial score (nSPS) is 12.7. The lowest BCUT2D eigenvalue weighted by Gasteiger charge is -2.07. The van der Waals surface area contributed by atoms with Crippen molar-refractivity contribution in [3.63, 3.8) is 0 Å². The number of benzene rings is 2. The minimum absolute atomic E-state index is 0.202. The van der Waals surface area contributed by atoms with Gasteiger partial charge in [0.1, 0.15) is 11.2 Å². The molecule has 4 heteroatoms. The number of furan rings is 1. The summed E-state index contributed by atoms with van der Waals surface area (Å²) in [4.78, 5) is 11.6. The molecule has 19 heavy (non-hydrogen) atoms. The molecule has 0 spiro atoms. The Morgan fingerprint density at radius 2 is 1.89 bits per heavy atom. The van der Waals surface area contributed by atoms with Crippen LogP contribution < -0.4 is 11.1 Å². The smallest absolute Gasteiger partial charge is 0.240 e. The van der Waals surface area contributed by atoms with E-state index in [4.69, 9.17) is 10.2 Å². The number of para-hydroxylation sites is 1. The van der Waals surface area contributed by atoms with Gasteiger partial charge in [-0.2, -0.15) is 0 Å². The number of carbonyl (C=O) groups is 1. The fourth-order valence-electron chi connectivity index (χ4n) is 2.06. The van der Waals surface area contributed by atoms with Gasteiger partial charge in [0, 0.05) is 16.5 Å². The summed E-state index contributed by atoms with van der Waals surface area (Å²) < 4.78 is 5.72. The standard InChI is InChI=1S/C15H14N2O2/c1-9(16)15(18)17-10-6-7-14-12(8-10)11-4-2-3-5-13(11)19-14/h2-9H,16H2,1H3,(H,17,18). The summed E-state index contributed by atoms with van der Waals surface area (Å²) in [5.41, 5.74) is 7.91. The zero-order chi connectivity index (χ0) is 13.4. The predicted molar refractivity (Wildman–Crippen MR) is 76.0 cm³/mol.